The van der Waals surface area contributed by atoms with E-state index in [2.05, 4.69) is 0 Å². The van der Waals surface area contributed by atoms with Gasteiger partial charge in [-0.15, -0.1) is 0 Å². The number of Topliss-reactive ketones (excluding diaryl/α,β-unsaturated/α-hetero) is 2. The van der Waals surface area contributed by atoms with Crippen LogP contribution >= 0.6 is 0 Å². The lowest BCUT2D eigenvalue weighted by Crippen LogP contribution is -1.98. The van der Waals surface area contributed by atoms with Gasteiger partial charge < -0.3 is 5.11 Å². The Balaban J connectivity index is 0.000000184. The molecule has 0 saturated heterocycles. The van der Waals surface area contributed by atoms with Crippen molar-refractivity contribution in [3.63, 3.8) is 0 Å². The Morgan fingerprint density at radius 1 is 0.722 bits per heavy atom. The Bertz CT molecular complexity index is 295. The van der Waals surface area contributed by atoms with Gasteiger partial charge in [0.05, 0.1) is 6.26 Å². The van der Waals surface area contributed by atoms with Crippen LogP contribution in [0.15, 0.2) is 11.8 Å². The van der Waals surface area contributed by atoms with Gasteiger partial charge in [0.15, 0.2) is 5.78 Å². The minimum atomic E-state index is 0.125. The fourth-order valence-electron chi connectivity index (χ4n) is 2.34. The van der Waals surface area contributed by atoms with Crippen molar-refractivity contribution in [1.29, 1.82) is 0 Å². The van der Waals surface area contributed by atoms with Crippen LogP contribution in [0.3, 0.4) is 0 Å². The normalized spacial score (nSPS) is 23.9. The first-order valence-electron chi connectivity index (χ1n) is 7.12. The molecule has 0 aliphatic heterocycles. The predicted molar refractivity (Wildman–Crippen MR) is 71.5 cm³/mol. The summed E-state index contributed by atoms with van der Waals surface area (Å²) in [5, 5.41) is 8.60. The zero-order valence-corrected chi connectivity index (χ0v) is 11.1. The number of carbonyl (C=O) groups is 2. The van der Waals surface area contributed by atoms with E-state index in [1.807, 2.05) is 0 Å². The highest BCUT2D eigenvalue weighted by atomic mass is 16.2. The Morgan fingerprint density at radius 3 is 1.83 bits per heavy atom. The number of ketones is 2. The standard InChI is InChI=1S/C8H12O2.C7H12O/c9-6-7-4-2-1-3-5-8(7)10;8-7-5-3-1-2-4-6-7/h6,9H,1-5H2;1-6H2/b7-6-;. The van der Waals surface area contributed by atoms with E-state index in [0.717, 1.165) is 57.6 Å². The monoisotopic (exact) mass is 252 g/mol. The maximum Gasteiger partial charge on any atom is 0.161 e. The number of hydrogen-bond donors (Lipinski definition) is 1. The molecule has 3 nitrogen and oxygen atoms in total. The molecule has 1 N–H and O–H groups in total. The molecule has 0 heterocycles. The van der Waals surface area contributed by atoms with Crippen molar-refractivity contribution >= 4 is 11.6 Å². The highest BCUT2D eigenvalue weighted by molar-refractivity contribution is 5.95. The maximum absolute atomic E-state index is 11.0. The zero-order valence-electron chi connectivity index (χ0n) is 11.1. The Labute approximate surface area is 109 Å². The molecule has 0 aromatic heterocycles. The van der Waals surface area contributed by atoms with E-state index in [0.29, 0.717) is 17.8 Å². The molecule has 0 bridgehead atoms. The number of hydrogen-bond acceptors (Lipinski definition) is 3. The smallest absolute Gasteiger partial charge is 0.161 e. The lowest BCUT2D eigenvalue weighted by molar-refractivity contribution is -0.119. The Morgan fingerprint density at radius 2 is 1.22 bits per heavy atom. The van der Waals surface area contributed by atoms with Gasteiger partial charge >= 0.3 is 0 Å². The van der Waals surface area contributed by atoms with Crippen molar-refractivity contribution in [2.45, 2.75) is 70.6 Å². The van der Waals surface area contributed by atoms with Gasteiger partial charge in [0.2, 0.25) is 0 Å². The highest BCUT2D eigenvalue weighted by Gasteiger charge is 2.12. The summed E-state index contributed by atoms with van der Waals surface area (Å²) >= 11 is 0. The molecule has 2 aliphatic carbocycles. The third kappa shape index (κ3) is 5.99. The molecule has 0 aromatic carbocycles. The number of aliphatic hydroxyl groups excluding tert-OH is 1. The van der Waals surface area contributed by atoms with Crippen LogP contribution in [-0.4, -0.2) is 16.7 Å². The molecular formula is C15H24O3. The number of carbonyl (C=O) groups excluding carboxylic acids is 2. The zero-order chi connectivity index (χ0) is 13.2. The van der Waals surface area contributed by atoms with E-state index in [9.17, 15) is 9.59 Å². The summed E-state index contributed by atoms with van der Waals surface area (Å²) < 4.78 is 0. The summed E-state index contributed by atoms with van der Waals surface area (Å²) in [5.41, 5.74) is 0.609. The largest absolute Gasteiger partial charge is 0.515 e. The van der Waals surface area contributed by atoms with Crippen molar-refractivity contribution in [2.24, 2.45) is 0 Å². The predicted octanol–water partition coefficient (Wildman–Crippen LogP) is 3.87. The fourth-order valence-corrected chi connectivity index (χ4v) is 2.34. The third-order valence-electron chi connectivity index (χ3n) is 3.53. The van der Waals surface area contributed by atoms with Gasteiger partial charge in [-0.05, 0) is 32.1 Å². The molecule has 0 spiro atoms. The summed E-state index contributed by atoms with van der Waals surface area (Å²) in [6.45, 7) is 0. The molecule has 0 amide bonds. The average Bonchev–Trinajstić information content (AvgIpc) is 2.72. The average molecular weight is 252 g/mol. The number of allylic oxidation sites excluding steroid dienone is 1. The van der Waals surface area contributed by atoms with Gasteiger partial charge in [-0.1, -0.05) is 19.3 Å². The molecule has 0 unspecified atom stereocenters. The molecule has 2 rings (SSSR count). The van der Waals surface area contributed by atoms with Crippen LogP contribution in [0.2, 0.25) is 0 Å². The van der Waals surface area contributed by atoms with Gasteiger partial charge in [-0.2, -0.15) is 0 Å². The lowest BCUT2D eigenvalue weighted by Gasteiger charge is -1.95. The van der Waals surface area contributed by atoms with Crippen molar-refractivity contribution < 1.29 is 14.7 Å². The van der Waals surface area contributed by atoms with E-state index in [-0.39, 0.29) is 5.78 Å². The molecule has 3 heteroatoms. The van der Waals surface area contributed by atoms with Crippen LogP contribution in [0.4, 0.5) is 0 Å². The molecule has 0 atom stereocenters. The maximum atomic E-state index is 11.0. The molecule has 0 aromatic rings. The summed E-state index contributed by atoms with van der Waals surface area (Å²) in [4.78, 5) is 21.7. The Hall–Kier alpha value is -1.12. The van der Waals surface area contributed by atoms with Crippen molar-refractivity contribution in [1.82, 2.24) is 0 Å². The minimum absolute atomic E-state index is 0.125. The van der Waals surface area contributed by atoms with E-state index >= 15 is 0 Å². The topological polar surface area (TPSA) is 54.4 Å². The van der Waals surface area contributed by atoms with Crippen LogP contribution in [0, 0.1) is 0 Å². The molecule has 2 saturated carbocycles. The van der Waals surface area contributed by atoms with Gasteiger partial charge in [-0.3, -0.25) is 9.59 Å². The van der Waals surface area contributed by atoms with Crippen LogP contribution in [0.5, 0.6) is 0 Å². The SMILES string of the molecule is O=C1CCCCC/C1=C/O.O=C1CCCCCC1. The molecule has 18 heavy (non-hydrogen) atoms. The summed E-state index contributed by atoms with van der Waals surface area (Å²) in [6, 6.07) is 0. The molecule has 2 fully saturated rings. The molecular weight excluding hydrogens is 228 g/mol. The lowest BCUT2D eigenvalue weighted by atomic mass is 10.1. The van der Waals surface area contributed by atoms with Crippen LogP contribution in [0.25, 0.3) is 0 Å². The van der Waals surface area contributed by atoms with Gasteiger partial charge in [0.1, 0.15) is 5.78 Å². The number of aliphatic hydroxyl groups is 1. The minimum Gasteiger partial charge on any atom is -0.515 e. The van der Waals surface area contributed by atoms with E-state index in [4.69, 9.17) is 5.11 Å². The van der Waals surface area contributed by atoms with Gasteiger partial charge in [-0.25, -0.2) is 0 Å². The van der Waals surface area contributed by atoms with E-state index in [1.54, 1.807) is 0 Å². The van der Waals surface area contributed by atoms with Crippen molar-refractivity contribution in [2.75, 3.05) is 0 Å². The Kier molecular flexibility index (Phi) is 7.38. The summed E-state index contributed by atoms with van der Waals surface area (Å²) in [5.74, 6) is 0.600. The molecule has 0 radical (unpaired) electrons. The van der Waals surface area contributed by atoms with E-state index in [1.165, 1.54) is 12.8 Å². The van der Waals surface area contributed by atoms with Crippen LogP contribution in [0.1, 0.15) is 70.6 Å². The van der Waals surface area contributed by atoms with Crippen LogP contribution < -0.4 is 0 Å². The fraction of sp³-hybridized carbons (Fsp3) is 0.733. The first-order chi connectivity index (χ1) is 8.74. The van der Waals surface area contributed by atoms with Crippen molar-refractivity contribution in [3.05, 3.63) is 11.8 Å². The van der Waals surface area contributed by atoms with E-state index < -0.39 is 0 Å². The molecule has 2 aliphatic rings. The van der Waals surface area contributed by atoms with Gasteiger partial charge in [0.25, 0.3) is 0 Å². The summed E-state index contributed by atoms with van der Waals surface area (Å²) in [6.07, 6.45) is 12.0. The second-order valence-electron chi connectivity index (χ2n) is 5.09. The summed E-state index contributed by atoms with van der Waals surface area (Å²) in [7, 11) is 0. The van der Waals surface area contributed by atoms with Gasteiger partial charge in [0, 0.05) is 24.8 Å². The van der Waals surface area contributed by atoms with Crippen LogP contribution in [-0.2, 0) is 9.59 Å². The quantitative estimate of drug-likeness (QED) is 0.404. The van der Waals surface area contributed by atoms with Crippen molar-refractivity contribution in [3.8, 4) is 0 Å². The number of rotatable bonds is 0. The third-order valence-corrected chi connectivity index (χ3v) is 3.53. The first kappa shape index (κ1) is 14.9. The first-order valence-corrected chi connectivity index (χ1v) is 7.12. The second-order valence-corrected chi connectivity index (χ2v) is 5.09. The highest BCUT2D eigenvalue weighted by Crippen LogP contribution is 2.18. The second kappa shape index (κ2) is 8.90. The molecule has 102 valence electrons.